The van der Waals surface area contributed by atoms with Gasteiger partial charge in [0.2, 0.25) is 0 Å². The van der Waals surface area contributed by atoms with E-state index < -0.39 is 11.7 Å². The fourth-order valence-corrected chi connectivity index (χ4v) is 3.03. The molecule has 2 nitrogen and oxygen atoms in total. The van der Waals surface area contributed by atoms with Gasteiger partial charge in [0, 0.05) is 22.3 Å². The average molecular weight is 386 g/mol. The van der Waals surface area contributed by atoms with Gasteiger partial charge in [-0.15, -0.1) is 21.8 Å². The Bertz CT molecular complexity index is 601. The van der Waals surface area contributed by atoms with Crippen LogP contribution in [0.25, 0.3) is 10.6 Å². The Morgan fingerprint density at radius 3 is 2.65 bits per heavy atom. The Labute approximate surface area is 131 Å². The quantitative estimate of drug-likeness (QED) is 0.680. The van der Waals surface area contributed by atoms with Crippen molar-refractivity contribution in [2.45, 2.75) is 19.0 Å². The zero-order chi connectivity index (χ0) is 14.8. The van der Waals surface area contributed by atoms with Crippen LogP contribution in [0.3, 0.4) is 0 Å². The summed E-state index contributed by atoms with van der Waals surface area (Å²) in [5, 5.41) is 8.72. The van der Waals surface area contributed by atoms with Crippen LogP contribution in [0, 0.1) is 0 Å². The summed E-state index contributed by atoms with van der Waals surface area (Å²) in [6.45, 7) is 0. The molecule has 2 aromatic rings. The predicted octanol–water partition coefficient (Wildman–Crippen LogP) is 5.16. The van der Waals surface area contributed by atoms with E-state index in [0.717, 1.165) is 12.5 Å². The van der Waals surface area contributed by atoms with E-state index in [-0.39, 0.29) is 10.6 Å². The van der Waals surface area contributed by atoms with E-state index in [0.29, 0.717) is 21.8 Å². The molecule has 1 aromatic heterocycles. The lowest BCUT2D eigenvalue weighted by Crippen LogP contribution is -2.07. The molecular weight excluding hydrogens is 377 g/mol. The second-order valence-electron chi connectivity index (χ2n) is 3.98. The largest absolute Gasteiger partial charge is 0.417 e. The highest BCUT2D eigenvalue weighted by Gasteiger charge is 2.34. The Morgan fingerprint density at radius 1 is 1.25 bits per heavy atom. The van der Waals surface area contributed by atoms with E-state index >= 15 is 0 Å². The van der Waals surface area contributed by atoms with E-state index in [1.807, 2.05) is 0 Å². The summed E-state index contributed by atoms with van der Waals surface area (Å²) >= 11 is 9.80. The lowest BCUT2D eigenvalue weighted by Gasteiger charge is -2.11. The molecule has 1 heterocycles. The zero-order valence-corrected chi connectivity index (χ0v) is 13.2. The van der Waals surface area contributed by atoms with Gasteiger partial charge in [0.25, 0.3) is 0 Å². The smallest absolute Gasteiger partial charge is 0.166 e. The molecule has 0 fully saturated rings. The first-order valence-electron chi connectivity index (χ1n) is 5.67. The van der Waals surface area contributed by atoms with Gasteiger partial charge >= 0.3 is 6.18 Å². The van der Waals surface area contributed by atoms with Crippen LogP contribution in [0.4, 0.5) is 13.2 Å². The van der Waals surface area contributed by atoms with Crippen LogP contribution in [0.2, 0.25) is 0 Å². The van der Waals surface area contributed by atoms with Crippen molar-refractivity contribution >= 4 is 38.9 Å². The minimum Gasteiger partial charge on any atom is -0.166 e. The molecule has 0 saturated carbocycles. The number of aromatic nitrogens is 2. The van der Waals surface area contributed by atoms with Crippen LogP contribution < -0.4 is 0 Å². The number of nitrogens with zero attached hydrogens (tertiary/aromatic N) is 2. The topological polar surface area (TPSA) is 25.8 Å². The molecule has 0 atom stereocenters. The molecule has 0 aliphatic carbocycles. The molecule has 0 saturated heterocycles. The molecule has 0 unspecified atom stereocenters. The second kappa shape index (κ2) is 6.41. The van der Waals surface area contributed by atoms with E-state index in [1.165, 1.54) is 17.4 Å². The highest BCUT2D eigenvalue weighted by atomic mass is 79.9. The van der Waals surface area contributed by atoms with Crippen molar-refractivity contribution in [2.75, 3.05) is 5.88 Å². The maximum Gasteiger partial charge on any atom is 0.417 e. The van der Waals surface area contributed by atoms with Crippen molar-refractivity contribution in [3.8, 4) is 10.6 Å². The normalized spacial score (nSPS) is 11.8. The second-order valence-corrected chi connectivity index (χ2v) is 6.34. The molecule has 0 N–H and O–H groups in total. The molecule has 8 heteroatoms. The Kier molecular flexibility index (Phi) is 5.04. The maximum absolute atomic E-state index is 13.0. The summed E-state index contributed by atoms with van der Waals surface area (Å²) in [5.41, 5.74) is -0.665. The van der Waals surface area contributed by atoms with E-state index in [1.54, 1.807) is 6.07 Å². The van der Waals surface area contributed by atoms with Crippen LogP contribution in [0.15, 0.2) is 22.7 Å². The first kappa shape index (κ1) is 15.7. The Morgan fingerprint density at radius 2 is 2.00 bits per heavy atom. The molecule has 108 valence electrons. The van der Waals surface area contributed by atoms with E-state index in [2.05, 4.69) is 26.1 Å². The molecule has 0 radical (unpaired) electrons. The van der Waals surface area contributed by atoms with Gasteiger partial charge in [-0.3, -0.25) is 0 Å². The summed E-state index contributed by atoms with van der Waals surface area (Å²) in [5.74, 6) is 0.487. The van der Waals surface area contributed by atoms with Crippen molar-refractivity contribution in [3.63, 3.8) is 0 Å². The average Bonchev–Trinajstić information content (AvgIpc) is 2.84. The van der Waals surface area contributed by atoms with Gasteiger partial charge in [-0.05, 0) is 18.6 Å². The third-order valence-electron chi connectivity index (χ3n) is 2.51. The number of rotatable bonds is 4. The third-order valence-corrected chi connectivity index (χ3v) is 4.29. The number of halogens is 5. The van der Waals surface area contributed by atoms with Gasteiger partial charge in [0.15, 0.2) is 0 Å². The molecule has 0 spiro atoms. The molecule has 0 amide bonds. The number of aryl methyl sites for hydroxylation is 1. The van der Waals surface area contributed by atoms with Crippen molar-refractivity contribution in [2.24, 2.45) is 0 Å². The number of benzene rings is 1. The first-order valence-corrected chi connectivity index (χ1v) is 7.81. The molecular formula is C12H9BrClF3N2S. The van der Waals surface area contributed by atoms with Gasteiger partial charge in [0.1, 0.15) is 10.0 Å². The minimum absolute atomic E-state index is 0.0512. The Hall–Kier alpha value is -0.660. The molecule has 0 aliphatic rings. The molecule has 20 heavy (non-hydrogen) atoms. The molecule has 0 bridgehead atoms. The van der Waals surface area contributed by atoms with E-state index in [4.69, 9.17) is 11.6 Å². The van der Waals surface area contributed by atoms with Crippen LogP contribution in [0.5, 0.6) is 0 Å². The van der Waals surface area contributed by atoms with Gasteiger partial charge < -0.3 is 0 Å². The van der Waals surface area contributed by atoms with Crippen LogP contribution in [-0.4, -0.2) is 16.1 Å². The first-order chi connectivity index (χ1) is 9.41. The van der Waals surface area contributed by atoms with Gasteiger partial charge in [-0.25, -0.2) is 0 Å². The zero-order valence-electron chi connectivity index (χ0n) is 10.0. The highest BCUT2D eigenvalue weighted by molar-refractivity contribution is 9.10. The van der Waals surface area contributed by atoms with Crippen molar-refractivity contribution in [1.29, 1.82) is 0 Å². The SMILES string of the molecule is FC(F)(F)c1cc(Br)ccc1-c1nnc(CCCCl)s1. The predicted molar refractivity (Wildman–Crippen MR) is 77.1 cm³/mol. The minimum atomic E-state index is -4.43. The van der Waals surface area contributed by atoms with Crippen molar-refractivity contribution in [3.05, 3.63) is 33.2 Å². The van der Waals surface area contributed by atoms with Crippen LogP contribution in [-0.2, 0) is 12.6 Å². The van der Waals surface area contributed by atoms with Gasteiger partial charge in [-0.1, -0.05) is 33.3 Å². The van der Waals surface area contributed by atoms with Crippen molar-refractivity contribution in [1.82, 2.24) is 10.2 Å². The summed E-state index contributed by atoms with van der Waals surface area (Å²) < 4.78 is 39.5. The summed E-state index contributed by atoms with van der Waals surface area (Å²) in [6, 6.07) is 4.01. The van der Waals surface area contributed by atoms with E-state index in [9.17, 15) is 13.2 Å². The molecule has 1 aromatic carbocycles. The lowest BCUT2D eigenvalue weighted by atomic mass is 10.1. The fraction of sp³-hybridized carbons (Fsp3) is 0.333. The maximum atomic E-state index is 13.0. The van der Waals surface area contributed by atoms with Crippen molar-refractivity contribution < 1.29 is 13.2 Å². The molecule has 0 aliphatic heterocycles. The monoisotopic (exact) mass is 384 g/mol. The standard InChI is InChI=1S/C12H9BrClF3N2S/c13-7-3-4-8(9(6-7)12(15,16)17)11-19-18-10(20-11)2-1-5-14/h3-4,6H,1-2,5H2. The van der Waals surface area contributed by atoms with Gasteiger partial charge in [-0.2, -0.15) is 13.2 Å². The summed E-state index contributed by atoms with van der Waals surface area (Å²) in [6.07, 6.45) is -3.08. The number of alkyl halides is 4. The lowest BCUT2D eigenvalue weighted by molar-refractivity contribution is -0.137. The number of hydrogen-bond donors (Lipinski definition) is 0. The summed E-state index contributed by atoms with van der Waals surface area (Å²) in [4.78, 5) is 0. The highest BCUT2D eigenvalue weighted by Crippen LogP contribution is 2.39. The molecule has 2 rings (SSSR count). The van der Waals surface area contributed by atoms with Crippen LogP contribution in [0.1, 0.15) is 17.0 Å². The number of hydrogen-bond acceptors (Lipinski definition) is 3. The van der Waals surface area contributed by atoms with Crippen LogP contribution >= 0.6 is 38.9 Å². The fourth-order valence-electron chi connectivity index (χ4n) is 1.62. The summed E-state index contributed by atoms with van der Waals surface area (Å²) in [7, 11) is 0. The Balaban J connectivity index is 2.39. The third kappa shape index (κ3) is 3.71. The van der Waals surface area contributed by atoms with Gasteiger partial charge in [0.05, 0.1) is 5.56 Å².